The standard InChI is InChI=1S/C24H20ClNO2/c1-24(2)11-17-20(18(27)12-24)19(15-9-5-6-10-16(15)25)21-22(26-17)13-7-3-4-8-14(13)23(21)28/h3-10,19,26H,11-12H2,1-2H3/t19-/m1/s1. The first-order valence-corrected chi connectivity index (χ1v) is 9.91. The number of Topliss-reactive ketones (excluding diaryl/α,β-unsaturated/α-hetero) is 2. The minimum atomic E-state index is -0.427. The van der Waals surface area contributed by atoms with Gasteiger partial charge in [-0.25, -0.2) is 0 Å². The van der Waals surface area contributed by atoms with Crippen LogP contribution < -0.4 is 5.32 Å². The van der Waals surface area contributed by atoms with E-state index in [0.29, 0.717) is 28.2 Å². The quantitative estimate of drug-likeness (QED) is 0.721. The average molecular weight is 390 g/mol. The normalized spacial score (nSPS) is 22.6. The molecule has 1 N–H and O–H groups in total. The molecule has 5 rings (SSSR count). The van der Waals surface area contributed by atoms with Gasteiger partial charge in [-0.3, -0.25) is 9.59 Å². The van der Waals surface area contributed by atoms with Crippen LogP contribution in [0.2, 0.25) is 5.02 Å². The lowest BCUT2D eigenvalue weighted by molar-refractivity contribution is -0.118. The minimum absolute atomic E-state index is 0.0211. The second kappa shape index (κ2) is 5.92. The van der Waals surface area contributed by atoms with Gasteiger partial charge < -0.3 is 5.32 Å². The number of fused-ring (bicyclic) bond motifs is 2. The van der Waals surface area contributed by atoms with Crippen LogP contribution >= 0.6 is 11.6 Å². The number of hydrogen-bond donors (Lipinski definition) is 1. The van der Waals surface area contributed by atoms with Crippen molar-refractivity contribution in [1.29, 1.82) is 0 Å². The molecule has 3 aliphatic rings. The van der Waals surface area contributed by atoms with Crippen molar-refractivity contribution in [1.82, 2.24) is 5.32 Å². The fourth-order valence-corrected chi connectivity index (χ4v) is 5.05. The van der Waals surface area contributed by atoms with E-state index in [-0.39, 0.29) is 17.0 Å². The highest BCUT2D eigenvalue weighted by Crippen LogP contribution is 2.52. The third kappa shape index (κ3) is 2.43. The molecule has 1 heterocycles. The van der Waals surface area contributed by atoms with E-state index in [1.54, 1.807) is 0 Å². The summed E-state index contributed by atoms with van der Waals surface area (Å²) in [4.78, 5) is 26.6. The summed E-state index contributed by atoms with van der Waals surface area (Å²) in [6.45, 7) is 4.22. The second-order valence-electron chi connectivity index (χ2n) is 8.58. The third-order valence-corrected chi connectivity index (χ3v) is 6.29. The van der Waals surface area contributed by atoms with Crippen LogP contribution in [0.3, 0.4) is 0 Å². The molecule has 0 bridgehead atoms. The van der Waals surface area contributed by atoms with Crippen LogP contribution in [0.1, 0.15) is 54.1 Å². The van der Waals surface area contributed by atoms with Gasteiger partial charge in [0, 0.05) is 45.3 Å². The highest BCUT2D eigenvalue weighted by Gasteiger charge is 2.46. The van der Waals surface area contributed by atoms with E-state index in [9.17, 15) is 9.59 Å². The van der Waals surface area contributed by atoms with E-state index in [1.165, 1.54) is 0 Å². The third-order valence-electron chi connectivity index (χ3n) is 5.94. The molecule has 1 aliphatic heterocycles. The molecule has 0 saturated heterocycles. The Morgan fingerprint density at radius 3 is 2.36 bits per heavy atom. The van der Waals surface area contributed by atoms with Gasteiger partial charge in [0.05, 0.1) is 5.70 Å². The number of hydrogen-bond acceptors (Lipinski definition) is 3. The monoisotopic (exact) mass is 389 g/mol. The van der Waals surface area contributed by atoms with Gasteiger partial charge in [-0.05, 0) is 23.5 Å². The van der Waals surface area contributed by atoms with Gasteiger partial charge in [-0.1, -0.05) is 67.9 Å². The van der Waals surface area contributed by atoms with Gasteiger partial charge in [-0.15, -0.1) is 0 Å². The predicted octanol–water partition coefficient (Wildman–Crippen LogP) is 5.28. The molecule has 3 nitrogen and oxygen atoms in total. The van der Waals surface area contributed by atoms with Crippen LogP contribution in [0.15, 0.2) is 65.4 Å². The zero-order valence-electron chi connectivity index (χ0n) is 15.8. The van der Waals surface area contributed by atoms with Crippen LogP contribution in [0.5, 0.6) is 0 Å². The molecule has 28 heavy (non-hydrogen) atoms. The van der Waals surface area contributed by atoms with E-state index < -0.39 is 5.92 Å². The van der Waals surface area contributed by atoms with E-state index in [4.69, 9.17) is 11.6 Å². The van der Waals surface area contributed by atoms with Crippen LogP contribution in [0, 0.1) is 5.41 Å². The molecule has 0 radical (unpaired) electrons. The van der Waals surface area contributed by atoms with Crippen molar-refractivity contribution >= 4 is 28.9 Å². The van der Waals surface area contributed by atoms with Gasteiger partial charge in [0.15, 0.2) is 11.6 Å². The first-order valence-electron chi connectivity index (χ1n) is 9.53. The van der Waals surface area contributed by atoms with Gasteiger partial charge in [0.1, 0.15) is 0 Å². The molecule has 0 saturated carbocycles. The smallest absolute Gasteiger partial charge is 0.192 e. The van der Waals surface area contributed by atoms with Gasteiger partial charge in [0.2, 0.25) is 0 Å². The van der Waals surface area contributed by atoms with Crippen LogP contribution in [-0.2, 0) is 4.79 Å². The summed E-state index contributed by atoms with van der Waals surface area (Å²) < 4.78 is 0. The molecule has 0 unspecified atom stereocenters. The Morgan fingerprint density at radius 2 is 1.61 bits per heavy atom. The first-order chi connectivity index (χ1) is 13.4. The number of dihydropyridines is 1. The van der Waals surface area contributed by atoms with Crippen molar-refractivity contribution in [2.75, 3.05) is 0 Å². The summed E-state index contributed by atoms with van der Waals surface area (Å²) in [6.07, 6.45) is 1.24. The maximum absolute atomic E-state index is 13.4. The summed E-state index contributed by atoms with van der Waals surface area (Å²) in [5, 5.41) is 4.06. The maximum Gasteiger partial charge on any atom is 0.192 e. The van der Waals surface area contributed by atoms with Crippen molar-refractivity contribution in [2.24, 2.45) is 5.41 Å². The second-order valence-corrected chi connectivity index (χ2v) is 8.98. The molecule has 140 valence electrons. The molecule has 0 amide bonds. The Hall–Kier alpha value is -2.65. The molecule has 0 spiro atoms. The lowest BCUT2D eigenvalue weighted by atomic mass is 9.68. The number of allylic oxidation sites excluding steroid dienone is 3. The molecular weight excluding hydrogens is 370 g/mol. The first kappa shape index (κ1) is 17.4. The number of halogens is 1. The van der Waals surface area contributed by atoms with Crippen molar-refractivity contribution in [3.8, 4) is 0 Å². The molecular formula is C24H20ClNO2. The summed E-state index contributed by atoms with van der Waals surface area (Å²) in [5.41, 5.74) is 5.39. The van der Waals surface area contributed by atoms with Crippen molar-refractivity contribution in [2.45, 2.75) is 32.6 Å². The van der Waals surface area contributed by atoms with E-state index in [0.717, 1.165) is 28.9 Å². The van der Waals surface area contributed by atoms with Crippen LogP contribution in [0.25, 0.3) is 5.70 Å². The number of carbonyl (C=O) groups excluding carboxylic acids is 2. The van der Waals surface area contributed by atoms with E-state index in [1.807, 2.05) is 48.5 Å². The number of rotatable bonds is 1. The molecule has 4 heteroatoms. The molecule has 0 fully saturated rings. The Balaban J connectivity index is 1.78. The highest BCUT2D eigenvalue weighted by atomic mass is 35.5. The van der Waals surface area contributed by atoms with Crippen molar-refractivity contribution in [3.05, 3.63) is 87.1 Å². The van der Waals surface area contributed by atoms with Crippen molar-refractivity contribution in [3.63, 3.8) is 0 Å². The number of nitrogens with one attached hydrogen (secondary N) is 1. The van der Waals surface area contributed by atoms with E-state index >= 15 is 0 Å². The fourth-order valence-electron chi connectivity index (χ4n) is 4.81. The molecule has 2 aromatic carbocycles. The molecule has 2 aromatic rings. The van der Waals surface area contributed by atoms with Crippen molar-refractivity contribution < 1.29 is 9.59 Å². The predicted molar refractivity (Wildman–Crippen MR) is 110 cm³/mol. The largest absolute Gasteiger partial charge is 0.358 e. The lowest BCUT2D eigenvalue weighted by Gasteiger charge is -2.39. The Bertz CT molecular complexity index is 1120. The van der Waals surface area contributed by atoms with Crippen LogP contribution in [0.4, 0.5) is 0 Å². The average Bonchev–Trinajstić information content (AvgIpc) is 2.92. The summed E-state index contributed by atoms with van der Waals surface area (Å²) in [7, 11) is 0. The summed E-state index contributed by atoms with van der Waals surface area (Å²) in [6, 6.07) is 15.2. The van der Waals surface area contributed by atoms with Gasteiger partial charge >= 0.3 is 0 Å². The number of ketones is 2. The Kier molecular flexibility index (Phi) is 3.69. The fraction of sp³-hybridized carbons (Fsp3) is 0.250. The molecule has 2 aliphatic carbocycles. The highest BCUT2D eigenvalue weighted by molar-refractivity contribution is 6.32. The Labute approximate surface area is 169 Å². The maximum atomic E-state index is 13.4. The Morgan fingerprint density at radius 1 is 0.929 bits per heavy atom. The minimum Gasteiger partial charge on any atom is -0.358 e. The number of benzene rings is 2. The van der Waals surface area contributed by atoms with Gasteiger partial charge in [0.25, 0.3) is 0 Å². The zero-order valence-corrected chi connectivity index (χ0v) is 16.6. The topological polar surface area (TPSA) is 46.2 Å². The van der Waals surface area contributed by atoms with Gasteiger partial charge in [-0.2, -0.15) is 0 Å². The molecule has 0 aromatic heterocycles. The number of carbonyl (C=O) groups is 2. The van der Waals surface area contributed by atoms with E-state index in [2.05, 4.69) is 19.2 Å². The SMILES string of the molecule is CC1(C)CC(=O)C2=C(C1)NC1=C(C(=O)c3ccccc31)[C@@H]2c1ccccc1Cl. The van der Waals surface area contributed by atoms with Crippen LogP contribution in [-0.4, -0.2) is 11.6 Å². The summed E-state index contributed by atoms with van der Waals surface area (Å²) >= 11 is 6.55. The molecule has 1 atom stereocenters. The lowest BCUT2D eigenvalue weighted by Crippen LogP contribution is -2.37. The zero-order chi connectivity index (χ0) is 19.6. The summed E-state index contributed by atoms with van der Waals surface area (Å²) in [5.74, 6) is -0.352.